The van der Waals surface area contributed by atoms with E-state index in [1.165, 1.54) is 0 Å². The van der Waals surface area contributed by atoms with E-state index in [0.29, 0.717) is 23.2 Å². The van der Waals surface area contributed by atoms with Crippen LogP contribution in [0, 0.1) is 24.7 Å². The van der Waals surface area contributed by atoms with Gasteiger partial charge in [0.1, 0.15) is 5.75 Å². The molecule has 130 valence electrons. The molecule has 2 aliphatic rings. The Balaban J connectivity index is 1.65. The molecule has 3 rings (SSSR count). The van der Waals surface area contributed by atoms with Gasteiger partial charge in [-0.1, -0.05) is 11.6 Å². The van der Waals surface area contributed by atoms with Crippen molar-refractivity contribution in [1.29, 1.82) is 0 Å². The van der Waals surface area contributed by atoms with E-state index in [0.717, 1.165) is 18.4 Å². The fraction of sp³-hybridized carbons (Fsp3) is 0.556. The minimum Gasteiger partial charge on any atom is -0.481 e. The predicted molar refractivity (Wildman–Crippen MR) is 90.2 cm³/mol. The zero-order valence-electron chi connectivity index (χ0n) is 13.9. The number of hydrogen-bond donors (Lipinski definition) is 1. The number of aryl methyl sites for hydroxylation is 1. The zero-order valence-corrected chi connectivity index (χ0v) is 14.6. The number of amides is 1. The fourth-order valence-corrected chi connectivity index (χ4v) is 3.59. The zero-order chi connectivity index (χ0) is 17.4. The van der Waals surface area contributed by atoms with Gasteiger partial charge in [-0.05, 0) is 62.3 Å². The highest BCUT2D eigenvalue weighted by Gasteiger charge is 2.47. The van der Waals surface area contributed by atoms with Crippen LogP contribution >= 0.6 is 11.6 Å². The van der Waals surface area contributed by atoms with E-state index < -0.39 is 18.0 Å². The molecule has 1 aromatic rings. The number of carbonyl (C=O) groups is 2. The summed E-state index contributed by atoms with van der Waals surface area (Å²) in [5, 5.41) is 10.1. The van der Waals surface area contributed by atoms with Crippen molar-refractivity contribution in [3.05, 3.63) is 28.8 Å². The van der Waals surface area contributed by atoms with E-state index in [-0.39, 0.29) is 18.4 Å². The van der Waals surface area contributed by atoms with E-state index in [2.05, 4.69) is 0 Å². The summed E-state index contributed by atoms with van der Waals surface area (Å²) in [6, 6.07) is 5.27. The molecule has 5 nitrogen and oxygen atoms in total. The van der Waals surface area contributed by atoms with E-state index in [1.54, 1.807) is 30.0 Å². The molecule has 2 fully saturated rings. The first-order chi connectivity index (χ1) is 11.4. The molecule has 0 bridgehead atoms. The minimum atomic E-state index is -0.802. The molecule has 3 atom stereocenters. The number of likely N-dealkylation sites (tertiary alicyclic amines) is 1. The lowest BCUT2D eigenvalue weighted by Crippen LogP contribution is -2.39. The molecule has 1 unspecified atom stereocenters. The first-order valence-electron chi connectivity index (χ1n) is 8.31. The lowest BCUT2D eigenvalue weighted by molar-refractivity contribution is -0.143. The SMILES string of the molecule is Cc1cc(OC(C)C(=O)N2C[C@H](C(=O)O)[C@@H](C3CC3)C2)ccc1Cl. The highest BCUT2D eigenvalue weighted by atomic mass is 35.5. The highest BCUT2D eigenvalue weighted by molar-refractivity contribution is 6.31. The third-order valence-electron chi connectivity index (χ3n) is 5.01. The van der Waals surface area contributed by atoms with Crippen molar-refractivity contribution >= 4 is 23.5 Å². The number of benzene rings is 1. The Morgan fingerprint density at radius 3 is 2.62 bits per heavy atom. The van der Waals surface area contributed by atoms with Crippen LogP contribution in [0.15, 0.2) is 18.2 Å². The molecule has 6 heteroatoms. The van der Waals surface area contributed by atoms with Crippen LogP contribution in [0.1, 0.15) is 25.3 Å². The molecule has 1 aliphatic carbocycles. The lowest BCUT2D eigenvalue weighted by atomic mass is 9.92. The summed E-state index contributed by atoms with van der Waals surface area (Å²) in [5.74, 6) is -0.284. The maximum absolute atomic E-state index is 12.6. The fourth-order valence-electron chi connectivity index (χ4n) is 3.47. The molecule has 1 saturated carbocycles. The van der Waals surface area contributed by atoms with Crippen LogP contribution in [0.4, 0.5) is 0 Å². The molecule has 1 N–H and O–H groups in total. The molecule has 0 spiro atoms. The summed E-state index contributed by atoms with van der Waals surface area (Å²) in [7, 11) is 0. The van der Waals surface area contributed by atoms with Crippen molar-refractivity contribution < 1.29 is 19.4 Å². The van der Waals surface area contributed by atoms with Crippen LogP contribution in [0.5, 0.6) is 5.75 Å². The van der Waals surface area contributed by atoms with Gasteiger partial charge in [-0.25, -0.2) is 0 Å². The number of halogens is 1. The quantitative estimate of drug-likeness (QED) is 0.885. The Hall–Kier alpha value is -1.75. The van der Waals surface area contributed by atoms with Gasteiger partial charge in [0.25, 0.3) is 5.91 Å². The second kappa shape index (κ2) is 6.63. The summed E-state index contributed by atoms with van der Waals surface area (Å²) < 4.78 is 5.73. The van der Waals surface area contributed by atoms with E-state index in [4.69, 9.17) is 16.3 Å². The first kappa shape index (κ1) is 17.1. The van der Waals surface area contributed by atoms with Gasteiger partial charge >= 0.3 is 5.97 Å². The maximum Gasteiger partial charge on any atom is 0.308 e. The molecule has 1 amide bonds. The normalized spacial score (nSPS) is 24.7. The summed E-state index contributed by atoms with van der Waals surface area (Å²) in [4.78, 5) is 25.7. The van der Waals surface area contributed by atoms with Gasteiger partial charge in [-0.3, -0.25) is 9.59 Å². The number of rotatable bonds is 5. The van der Waals surface area contributed by atoms with Crippen LogP contribution in [-0.4, -0.2) is 41.1 Å². The van der Waals surface area contributed by atoms with Crippen LogP contribution < -0.4 is 4.74 Å². The molecule has 1 aromatic carbocycles. The Kier molecular flexibility index (Phi) is 4.72. The molecular formula is C18H22ClNO4. The van der Waals surface area contributed by atoms with Crippen LogP contribution in [0.3, 0.4) is 0 Å². The Bertz CT molecular complexity index is 658. The maximum atomic E-state index is 12.6. The standard InChI is InChI=1S/C18H22ClNO4/c1-10-7-13(5-6-16(10)19)24-11(2)17(21)20-8-14(12-3-4-12)15(9-20)18(22)23/h5-7,11-12,14-15H,3-4,8-9H2,1-2H3,(H,22,23)/t11?,14-,15+/m1/s1. The third kappa shape index (κ3) is 3.51. The van der Waals surface area contributed by atoms with Gasteiger partial charge in [-0.15, -0.1) is 0 Å². The topological polar surface area (TPSA) is 66.8 Å². The number of aliphatic carboxylic acids is 1. The van der Waals surface area contributed by atoms with Crippen molar-refractivity contribution in [3.63, 3.8) is 0 Å². The number of ether oxygens (including phenoxy) is 1. The van der Waals surface area contributed by atoms with Crippen molar-refractivity contribution in [2.24, 2.45) is 17.8 Å². The second-order valence-electron chi connectivity index (χ2n) is 6.86. The molecule has 0 radical (unpaired) electrons. The molecule has 0 aromatic heterocycles. The number of hydrogen-bond acceptors (Lipinski definition) is 3. The Morgan fingerprint density at radius 1 is 1.33 bits per heavy atom. The smallest absolute Gasteiger partial charge is 0.308 e. The van der Waals surface area contributed by atoms with Gasteiger partial charge in [0.05, 0.1) is 5.92 Å². The van der Waals surface area contributed by atoms with Crippen LogP contribution in [0.25, 0.3) is 0 Å². The summed E-state index contributed by atoms with van der Waals surface area (Å²) in [6.07, 6.45) is 1.50. The third-order valence-corrected chi connectivity index (χ3v) is 5.44. The van der Waals surface area contributed by atoms with Crippen molar-refractivity contribution in [2.45, 2.75) is 32.8 Å². The van der Waals surface area contributed by atoms with Crippen LogP contribution in [-0.2, 0) is 9.59 Å². The van der Waals surface area contributed by atoms with Crippen molar-refractivity contribution in [2.75, 3.05) is 13.1 Å². The largest absolute Gasteiger partial charge is 0.481 e. The van der Waals surface area contributed by atoms with Crippen molar-refractivity contribution in [1.82, 2.24) is 4.90 Å². The molecule has 1 aliphatic heterocycles. The summed E-state index contributed by atoms with van der Waals surface area (Å²) in [6.45, 7) is 4.38. The van der Waals surface area contributed by atoms with E-state index in [9.17, 15) is 14.7 Å². The van der Waals surface area contributed by atoms with E-state index >= 15 is 0 Å². The number of carboxylic acids is 1. The average Bonchev–Trinajstić information content (AvgIpc) is 3.28. The van der Waals surface area contributed by atoms with Crippen molar-refractivity contribution in [3.8, 4) is 5.75 Å². The number of carbonyl (C=O) groups excluding carboxylic acids is 1. The summed E-state index contributed by atoms with van der Waals surface area (Å²) in [5.41, 5.74) is 0.884. The number of carboxylic acid groups (broad SMARTS) is 1. The first-order valence-corrected chi connectivity index (χ1v) is 8.69. The Morgan fingerprint density at radius 2 is 2.04 bits per heavy atom. The highest BCUT2D eigenvalue weighted by Crippen LogP contribution is 2.44. The molecular weight excluding hydrogens is 330 g/mol. The molecule has 1 saturated heterocycles. The van der Waals surface area contributed by atoms with E-state index in [1.807, 2.05) is 6.92 Å². The van der Waals surface area contributed by atoms with Gasteiger partial charge in [0.15, 0.2) is 6.10 Å². The number of nitrogens with zero attached hydrogens (tertiary/aromatic N) is 1. The van der Waals surface area contributed by atoms with Gasteiger partial charge in [0.2, 0.25) is 0 Å². The second-order valence-corrected chi connectivity index (χ2v) is 7.27. The summed E-state index contributed by atoms with van der Waals surface area (Å²) >= 11 is 5.99. The Labute approximate surface area is 146 Å². The van der Waals surface area contributed by atoms with Gasteiger partial charge < -0.3 is 14.7 Å². The predicted octanol–water partition coefficient (Wildman–Crippen LogP) is 2.98. The minimum absolute atomic E-state index is 0.0800. The lowest BCUT2D eigenvalue weighted by Gasteiger charge is -2.22. The van der Waals surface area contributed by atoms with Gasteiger partial charge in [0, 0.05) is 18.1 Å². The average molecular weight is 352 g/mol. The molecule has 1 heterocycles. The molecule has 24 heavy (non-hydrogen) atoms. The van der Waals surface area contributed by atoms with Crippen LogP contribution in [0.2, 0.25) is 5.02 Å². The monoisotopic (exact) mass is 351 g/mol. The van der Waals surface area contributed by atoms with Gasteiger partial charge in [-0.2, -0.15) is 0 Å².